The minimum Gasteiger partial charge on any atom is -0.446 e. The van der Waals surface area contributed by atoms with Gasteiger partial charge in [-0.15, -0.1) is 0 Å². The van der Waals surface area contributed by atoms with Crippen molar-refractivity contribution in [1.29, 1.82) is 0 Å². The minimum atomic E-state index is -4.60. The Hall–Kier alpha value is -2.68. The first-order chi connectivity index (χ1) is 15.7. The summed E-state index contributed by atoms with van der Waals surface area (Å²) < 4.78 is 48.6. The van der Waals surface area contributed by atoms with Crippen LogP contribution in [-0.4, -0.2) is 30.0 Å². The van der Waals surface area contributed by atoms with E-state index in [0.29, 0.717) is 16.6 Å². The summed E-state index contributed by atoms with van der Waals surface area (Å²) in [6, 6.07) is 7.78. The molecule has 1 saturated heterocycles. The predicted molar refractivity (Wildman–Crippen MR) is 116 cm³/mol. The molecule has 0 atom stereocenters. The van der Waals surface area contributed by atoms with Crippen molar-refractivity contribution in [2.45, 2.75) is 50.7 Å². The highest BCUT2D eigenvalue weighted by Crippen LogP contribution is 2.45. The number of benzene rings is 1. The van der Waals surface area contributed by atoms with Gasteiger partial charge in [-0.2, -0.15) is 18.2 Å². The fourth-order valence-corrected chi connectivity index (χ4v) is 5.11. The standard InChI is InChI=1S/C23H23ClF3N3O3/c24-14-1-2-17-16(13-14)29-21(33-17)30-11-9-22(10-12-30)7-5-15(6-8-22)28-20(31)18-3-4-19(32-18)23(25,26)27/h1-4,13,15H,5-12H2,(H,28,31). The second kappa shape index (κ2) is 8.27. The Kier molecular flexibility index (Phi) is 5.55. The lowest BCUT2D eigenvalue weighted by atomic mass is 9.67. The van der Waals surface area contributed by atoms with Gasteiger partial charge in [0.2, 0.25) is 5.76 Å². The van der Waals surface area contributed by atoms with Crippen LogP contribution in [0.25, 0.3) is 11.1 Å². The third kappa shape index (κ3) is 4.55. The molecule has 1 amide bonds. The number of hydrogen-bond acceptors (Lipinski definition) is 5. The SMILES string of the molecule is O=C(NC1CCC2(CC1)CCN(c1nc3cc(Cl)ccc3o1)CC2)c1ccc(C(F)(F)F)o1. The zero-order valence-corrected chi connectivity index (χ0v) is 18.5. The van der Waals surface area contributed by atoms with E-state index >= 15 is 0 Å². The number of fused-ring (bicyclic) bond motifs is 1. The van der Waals surface area contributed by atoms with Gasteiger partial charge in [-0.25, -0.2) is 0 Å². The predicted octanol–water partition coefficient (Wildman–Crippen LogP) is 6.05. The van der Waals surface area contributed by atoms with Crippen molar-refractivity contribution < 1.29 is 26.8 Å². The molecule has 1 aliphatic carbocycles. The van der Waals surface area contributed by atoms with Gasteiger partial charge in [0.15, 0.2) is 11.3 Å². The molecule has 1 aromatic carbocycles. The number of carbonyl (C=O) groups excluding carboxylic acids is 1. The van der Waals surface area contributed by atoms with Crippen molar-refractivity contribution in [1.82, 2.24) is 10.3 Å². The van der Waals surface area contributed by atoms with Crippen LogP contribution in [0.3, 0.4) is 0 Å². The van der Waals surface area contributed by atoms with E-state index in [1.54, 1.807) is 12.1 Å². The summed E-state index contributed by atoms with van der Waals surface area (Å²) in [7, 11) is 0. The number of piperidine rings is 1. The third-order valence-corrected chi connectivity index (χ3v) is 7.16. The number of nitrogens with zero attached hydrogens (tertiary/aromatic N) is 2. The van der Waals surface area contributed by atoms with E-state index < -0.39 is 17.8 Å². The molecule has 176 valence electrons. The van der Waals surface area contributed by atoms with Crippen LogP contribution in [0.1, 0.15) is 54.8 Å². The molecule has 0 unspecified atom stereocenters. The summed E-state index contributed by atoms with van der Waals surface area (Å²) >= 11 is 6.04. The Morgan fingerprint density at radius 1 is 1.09 bits per heavy atom. The van der Waals surface area contributed by atoms with Crippen LogP contribution in [0.2, 0.25) is 5.02 Å². The number of anilines is 1. The Morgan fingerprint density at radius 3 is 2.48 bits per heavy atom. The van der Waals surface area contributed by atoms with E-state index in [-0.39, 0.29) is 17.2 Å². The Bertz CT molecular complexity index is 1150. The number of hydrogen-bond donors (Lipinski definition) is 1. The second-order valence-corrected chi connectivity index (χ2v) is 9.44. The van der Waals surface area contributed by atoms with Crippen molar-refractivity contribution in [2.24, 2.45) is 5.41 Å². The first-order valence-corrected chi connectivity index (χ1v) is 11.4. The maximum atomic E-state index is 12.7. The van der Waals surface area contributed by atoms with Crippen molar-refractivity contribution in [3.8, 4) is 0 Å². The molecule has 3 aromatic rings. The van der Waals surface area contributed by atoms with Crippen LogP contribution in [0, 0.1) is 5.41 Å². The van der Waals surface area contributed by atoms with Crippen molar-refractivity contribution >= 4 is 34.6 Å². The number of furan rings is 1. The van der Waals surface area contributed by atoms with Crippen molar-refractivity contribution in [2.75, 3.05) is 18.0 Å². The fraction of sp³-hybridized carbons (Fsp3) is 0.478. The monoisotopic (exact) mass is 481 g/mol. The van der Waals surface area contributed by atoms with Gasteiger partial charge in [0, 0.05) is 24.2 Å². The quantitative estimate of drug-likeness (QED) is 0.493. The van der Waals surface area contributed by atoms with Gasteiger partial charge in [-0.05, 0) is 74.3 Å². The molecule has 1 aliphatic heterocycles. The number of aromatic nitrogens is 1. The molecular weight excluding hydrogens is 459 g/mol. The van der Waals surface area contributed by atoms with Crippen molar-refractivity contribution in [3.63, 3.8) is 0 Å². The molecule has 2 aliphatic rings. The summed E-state index contributed by atoms with van der Waals surface area (Å²) in [5.41, 5.74) is 1.67. The molecule has 1 saturated carbocycles. The molecule has 3 heterocycles. The highest BCUT2D eigenvalue weighted by molar-refractivity contribution is 6.31. The smallest absolute Gasteiger partial charge is 0.446 e. The molecule has 1 spiro atoms. The third-order valence-electron chi connectivity index (χ3n) is 6.92. The lowest BCUT2D eigenvalue weighted by molar-refractivity contribution is -0.153. The number of alkyl halides is 3. The summed E-state index contributed by atoms with van der Waals surface area (Å²) in [6.07, 6.45) is 0.901. The summed E-state index contributed by atoms with van der Waals surface area (Å²) in [4.78, 5) is 19.0. The number of halogens is 4. The van der Waals surface area contributed by atoms with Gasteiger partial charge in [0.25, 0.3) is 11.9 Å². The molecule has 0 radical (unpaired) electrons. The molecule has 33 heavy (non-hydrogen) atoms. The Labute approximate surface area is 193 Å². The normalized spacial score (nSPS) is 19.3. The van der Waals surface area contributed by atoms with Crippen LogP contribution >= 0.6 is 11.6 Å². The van der Waals surface area contributed by atoms with Gasteiger partial charge in [0.1, 0.15) is 5.52 Å². The van der Waals surface area contributed by atoms with E-state index in [0.717, 1.165) is 69.3 Å². The zero-order valence-electron chi connectivity index (χ0n) is 17.8. The van der Waals surface area contributed by atoms with Gasteiger partial charge < -0.3 is 19.1 Å². The van der Waals surface area contributed by atoms with Gasteiger partial charge in [-0.3, -0.25) is 4.79 Å². The van der Waals surface area contributed by atoms with Crippen LogP contribution in [0.5, 0.6) is 0 Å². The van der Waals surface area contributed by atoms with E-state index in [1.807, 2.05) is 6.07 Å². The topological polar surface area (TPSA) is 71.5 Å². The van der Waals surface area contributed by atoms with Gasteiger partial charge in [-0.1, -0.05) is 11.6 Å². The highest BCUT2D eigenvalue weighted by Gasteiger charge is 2.40. The van der Waals surface area contributed by atoms with Crippen molar-refractivity contribution in [3.05, 3.63) is 46.9 Å². The molecule has 2 fully saturated rings. The molecule has 0 bridgehead atoms. The molecule has 6 nitrogen and oxygen atoms in total. The van der Waals surface area contributed by atoms with E-state index in [2.05, 4.69) is 19.6 Å². The van der Waals surface area contributed by atoms with Crippen LogP contribution in [0.15, 0.2) is 39.2 Å². The average molecular weight is 482 g/mol. The van der Waals surface area contributed by atoms with Crippen LogP contribution < -0.4 is 10.2 Å². The van der Waals surface area contributed by atoms with Gasteiger partial charge in [0.05, 0.1) is 0 Å². The first-order valence-electron chi connectivity index (χ1n) is 11.0. The van der Waals surface area contributed by atoms with Gasteiger partial charge >= 0.3 is 6.18 Å². The van der Waals surface area contributed by atoms with E-state index in [9.17, 15) is 18.0 Å². The summed E-state index contributed by atoms with van der Waals surface area (Å²) in [5.74, 6) is -2.07. The molecule has 5 rings (SSSR count). The number of rotatable bonds is 3. The maximum Gasteiger partial charge on any atom is 0.449 e. The maximum absolute atomic E-state index is 12.7. The van der Waals surface area contributed by atoms with E-state index in [4.69, 9.17) is 16.0 Å². The Morgan fingerprint density at radius 2 is 1.82 bits per heavy atom. The van der Waals surface area contributed by atoms with Crippen LogP contribution in [-0.2, 0) is 6.18 Å². The fourth-order valence-electron chi connectivity index (χ4n) is 4.94. The largest absolute Gasteiger partial charge is 0.449 e. The summed E-state index contributed by atoms with van der Waals surface area (Å²) in [6.45, 7) is 1.67. The molecule has 1 N–H and O–H groups in total. The second-order valence-electron chi connectivity index (χ2n) is 9.00. The average Bonchev–Trinajstić information content (AvgIpc) is 3.43. The van der Waals surface area contributed by atoms with E-state index in [1.165, 1.54) is 0 Å². The Balaban J connectivity index is 1.14. The molecule has 2 aromatic heterocycles. The van der Waals surface area contributed by atoms with Crippen LogP contribution in [0.4, 0.5) is 19.2 Å². The zero-order chi connectivity index (χ0) is 23.2. The number of nitrogens with one attached hydrogen (secondary N) is 1. The summed E-state index contributed by atoms with van der Waals surface area (Å²) in [5, 5.41) is 3.45. The first kappa shape index (κ1) is 22.1. The number of carbonyl (C=O) groups is 1. The minimum absolute atomic E-state index is 0.0672. The number of oxazole rings is 1. The lowest BCUT2D eigenvalue weighted by Gasteiger charge is -2.45. The lowest BCUT2D eigenvalue weighted by Crippen LogP contribution is -2.45. The highest BCUT2D eigenvalue weighted by atomic mass is 35.5. The molecule has 10 heteroatoms. The molecular formula is C23H23ClF3N3O3. The number of amides is 1.